The lowest BCUT2D eigenvalue weighted by molar-refractivity contribution is 0.584. The van der Waals surface area contributed by atoms with Gasteiger partial charge in [0, 0.05) is 15.5 Å². The van der Waals surface area contributed by atoms with Crippen molar-refractivity contribution in [3.8, 4) is 0 Å². The molecule has 0 amide bonds. The Hall–Kier alpha value is -0.900. The summed E-state index contributed by atoms with van der Waals surface area (Å²) in [5.74, 6) is -0.260. The van der Waals surface area contributed by atoms with Crippen LogP contribution in [0.4, 0.5) is 4.39 Å². The number of hydrogen-bond donors (Lipinski definition) is 1. The number of likely N-dealkylation sites (N-methyl/N-ethyl adjacent to an activating group) is 1. The minimum Gasteiger partial charge on any atom is -0.313 e. The van der Waals surface area contributed by atoms with Crippen molar-refractivity contribution in [2.75, 3.05) is 7.05 Å². The number of benzene rings is 2. The molecule has 106 valence electrons. The van der Waals surface area contributed by atoms with Crippen LogP contribution >= 0.6 is 27.5 Å². The quantitative estimate of drug-likeness (QED) is 0.808. The monoisotopic (exact) mass is 355 g/mol. The molecule has 0 saturated heterocycles. The normalized spacial score (nSPS) is 12.4. The summed E-state index contributed by atoms with van der Waals surface area (Å²) in [5.41, 5.74) is 3.14. The average Bonchev–Trinajstić information content (AvgIpc) is 2.43. The Balaban J connectivity index is 2.28. The van der Waals surface area contributed by atoms with Crippen LogP contribution in [0.15, 0.2) is 40.9 Å². The zero-order chi connectivity index (χ0) is 14.7. The minimum absolute atomic E-state index is 0.0891. The van der Waals surface area contributed by atoms with Crippen LogP contribution in [0.2, 0.25) is 5.02 Å². The predicted molar refractivity (Wildman–Crippen MR) is 85.8 cm³/mol. The van der Waals surface area contributed by atoms with Gasteiger partial charge in [-0.25, -0.2) is 4.39 Å². The molecule has 0 saturated carbocycles. The van der Waals surface area contributed by atoms with E-state index in [9.17, 15) is 4.39 Å². The Morgan fingerprint density at radius 3 is 2.65 bits per heavy atom. The molecule has 20 heavy (non-hydrogen) atoms. The maximum atomic E-state index is 13.3. The maximum Gasteiger partial charge on any atom is 0.123 e. The zero-order valence-corrected chi connectivity index (χ0v) is 13.7. The van der Waals surface area contributed by atoms with E-state index in [0.717, 1.165) is 15.6 Å². The van der Waals surface area contributed by atoms with Gasteiger partial charge < -0.3 is 5.32 Å². The summed E-state index contributed by atoms with van der Waals surface area (Å²) in [6.07, 6.45) is 0.641. The molecule has 0 aliphatic heterocycles. The summed E-state index contributed by atoms with van der Waals surface area (Å²) < 4.78 is 14.4. The van der Waals surface area contributed by atoms with Crippen molar-refractivity contribution in [1.82, 2.24) is 5.32 Å². The Morgan fingerprint density at radius 2 is 2.00 bits per heavy atom. The van der Waals surface area contributed by atoms with E-state index < -0.39 is 0 Å². The first-order chi connectivity index (χ1) is 9.51. The van der Waals surface area contributed by atoms with E-state index in [1.165, 1.54) is 17.7 Å². The van der Waals surface area contributed by atoms with Crippen molar-refractivity contribution in [3.05, 3.63) is 68.4 Å². The van der Waals surface area contributed by atoms with Gasteiger partial charge in [-0.3, -0.25) is 0 Å². The lowest BCUT2D eigenvalue weighted by Gasteiger charge is -2.18. The highest BCUT2D eigenvalue weighted by molar-refractivity contribution is 9.10. The second kappa shape index (κ2) is 6.70. The molecular weight excluding hydrogens is 341 g/mol. The van der Waals surface area contributed by atoms with Gasteiger partial charge in [-0.05, 0) is 61.3 Å². The lowest BCUT2D eigenvalue weighted by Crippen LogP contribution is -2.19. The molecule has 0 fully saturated rings. The van der Waals surface area contributed by atoms with Gasteiger partial charge in [0.05, 0.1) is 0 Å². The lowest BCUT2D eigenvalue weighted by atomic mass is 9.98. The van der Waals surface area contributed by atoms with Crippen LogP contribution in [0, 0.1) is 12.7 Å². The van der Waals surface area contributed by atoms with Gasteiger partial charge in [-0.1, -0.05) is 39.7 Å². The molecule has 0 radical (unpaired) electrons. The Morgan fingerprint density at radius 1 is 1.25 bits per heavy atom. The SMILES string of the molecule is CNC(Cc1cc(F)ccc1Cl)c1ccc(C)c(Br)c1. The van der Waals surface area contributed by atoms with Gasteiger partial charge >= 0.3 is 0 Å². The number of rotatable bonds is 4. The molecule has 0 aliphatic rings. The van der Waals surface area contributed by atoms with Gasteiger partial charge in [0.25, 0.3) is 0 Å². The van der Waals surface area contributed by atoms with E-state index >= 15 is 0 Å². The van der Waals surface area contributed by atoms with Gasteiger partial charge in [0.15, 0.2) is 0 Å². The Labute approximate surface area is 132 Å². The number of hydrogen-bond acceptors (Lipinski definition) is 1. The van der Waals surface area contributed by atoms with Crippen molar-refractivity contribution < 1.29 is 4.39 Å². The third-order valence-electron chi connectivity index (χ3n) is 3.38. The maximum absolute atomic E-state index is 13.3. The molecular formula is C16H16BrClFN. The molecule has 2 rings (SSSR count). The molecule has 4 heteroatoms. The first-order valence-electron chi connectivity index (χ1n) is 6.38. The predicted octanol–water partition coefficient (Wildman–Crippen LogP) is 5.05. The Bertz CT molecular complexity index is 615. The molecule has 2 aromatic rings. The Kier molecular flexibility index (Phi) is 5.19. The summed E-state index contributed by atoms with van der Waals surface area (Å²) >= 11 is 9.68. The summed E-state index contributed by atoms with van der Waals surface area (Å²) in [7, 11) is 1.89. The second-order valence-electron chi connectivity index (χ2n) is 4.79. The van der Waals surface area contributed by atoms with E-state index in [4.69, 9.17) is 11.6 Å². The first-order valence-corrected chi connectivity index (χ1v) is 7.55. The minimum atomic E-state index is -0.260. The van der Waals surface area contributed by atoms with Crippen molar-refractivity contribution in [2.24, 2.45) is 0 Å². The van der Waals surface area contributed by atoms with Crippen molar-refractivity contribution in [3.63, 3.8) is 0 Å². The van der Waals surface area contributed by atoms with Crippen LogP contribution in [-0.2, 0) is 6.42 Å². The van der Waals surface area contributed by atoms with Crippen LogP contribution in [0.5, 0.6) is 0 Å². The van der Waals surface area contributed by atoms with Gasteiger partial charge in [-0.15, -0.1) is 0 Å². The fourth-order valence-corrected chi connectivity index (χ4v) is 2.72. The highest BCUT2D eigenvalue weighted by atomic mass is 79.9. The van der Waals surface area contributed by atoms with Crippen LogP contribution < -0.4 is 5.32 Å². The van der Waals surface area contributed by atoms with Crippen LogP contribution in [0.25, 0.3) is 0 Å². The smallest absolute Gasteiger partial charge is 0.123 e. The van der Waals surface area contributed by atoms with E-state index in [1.807, 2.05) is 14.0 Å². The number of aryl methyl sites for hydroxylation is 1. The van der Waals surface area contributed by atoms with E-state index in [2.05, 4.69) is 39.4 Å². The highest BCUT2D eigenvalue weighted by Crippen LogP contribution is 2.27. The number of halogens is 3. The number of nitrogens with one attached hydrogen (secondary N) is 1. The van der Waals surface area contributed by atoms with Gasteiger partial charge in [0.2, 0.25) is 0 Å². The third-order valence-corrected chi connectivity index (χ3v) is 4.60. The molecule has 1 N–H and O–H groups in total. The molecule has 2 aromatic carbocycles. The first kappa shape index (κ1) is 15.5. The van der Waals surface area contributed by atoms with Crippen LogP contribution in [0.3, 0.4) is 0 Å². The van der Waals surface area contributed by atoms with E-state index in [0.29, 0.717) is 11.4 Å². The van der Waals surface area contributed by atoms with E-state index in [1.54, 1.807) is 6.07 Å². The molecule has 0 heterocycles. The average molecular weight is 357 g/mol. The van der Waals surface area contributed by atoms with Gasteiger partial charge in [0.1, 0.15) is 5.82 Å². The molecule has 0 spiro atoms. The summed E-state index contributed by atoms with van der Waals surface area (Å²) in [6, 6.07) is 10.8. The third kappa shape index (κ3) is 3.60. The summed E-state index contributed by atoms with van der Waals surface area (Å²) in [5, 5.41) is 3.85. The van der Waals surface area contributed by atoms with Crippen LogP contribution in [-0.4, -0.2) is 7.05 Å². The van der Waals surface area contributed by atoms with Crippen molar-refractivity contribution in [2.45, 2.75) is 19.4 Å². The van der Waals surface area contributed by atoms with Crippen molar-refractivity contribution >= 4 is 27.5 Å². The molecule has 0 aliphatic carbocycles. The topological polar surface area (TPSA) is 12.0 Å². The van der Waals surface area contributed by atoms with Gasteiger partial charge in [-0.2, -0.15) is 0 Å². The highest BCUT2D eigenvalue weighted by Gasteiger charge is 2.13. The molecule has 1 atom stereocenters. The molecule has 0 aromatic heterocycles. The fraction of sp³-hybridized carbons (Fsp3) is 0.250. The summed E-state index contributed by atoms with van der Waals surface area (Å²) in [6.45, 7) is 2.05. The second-order valence-corrected chi connectivity index (χ2v) is 6.05. The zero-order valence-electron chi connectivity index (χ0n) is 11.4. The molecule has 0 bridgehead atoms. The standard InChI is InChI=1S/C16H16BrClFN/c1-10-3-4-11(8-14(10)17)16(20-2)9-12-7-13(19)5-6-15(12)18/h3-8,16,20H,9H2,1-2H3. The fourth-order valence-electron chi connectivity index (χ4n) is 2.13. The summed E-state index contributed by atoms with van der Waals surface area (Å²) in [4.78, 5) is 0. The molecule has 1 unspecified atom stereocenters. The largest absolute Gasteiger partial charge is 0.313 e. The van der Waals surface area contributed by atoms with Crippen LogP contribution in [0.1, 0.15) is 22.7 Å². The van der Waals surface area contributed by atoms with E-state index in [-0.39, 0.29) is 11.9 Å². The molecule has 1 nitrogen and oxygen atoms in total. The van der Waals surface area contributed by atoms with Crippen molar-refractivity contribution in [1.29, 1.82) is 0 Å².